The highest BCUT2D eigenvalue weighted by Crippen LogP contribution is 2.36. The zero-order valence-electron chi connectivity index (χ0n) is 11.8. The first-order valence-corrected chi connectivity index (χ1v) is 6.91. The Morgan fingerprint density at radius 2 is 1.85 bits per heavy atom. The minimum absolute atomic E-state index is 0.165. The van der Waals surface area contributed by atoms with E-state index in [2.05, 4.69) is 9.97 Å². The van der Waals surface area contributed by atoms with Crippen molar-refractivity contribution >= 4 is 11.6 Å². The number of hydrogen-bond acceptors (Lipinski definition) is 4. The van der Waals surface area contributed by atoms with Crippen LogP contribution in [0.5, 0.6) is 17.4 Å². The molecule has 5 heteroatoms. The van der Waals surface area contributed by atoms with Crippen LogP contribution in [0.4, 0.5) is 0 Å². The van der Waals surface area contributed by atoms with Gasteiger partial charge in [0.25, 0.3) is 0 Å². The maximum atomic E-state index is 6.13. The number of aromatic nitrogens is 2. The van der Waals surface area contributed by atoms with Crippen LogP contribution in [0.1, 0.15) is 32.3 Å². The van der Waals surface area contributed by atoms with Gasteiger partial charge in [-0.1, -0.05) is 37.6 Å². The highest BCUT2D eigenvalue weighted by atomic mass is 35.5. The van der Waals surface area contributed by atoms with Crippen LogP contribution in [-0.4, -0.2) is 16.6 Å². The fourth-order valence-corrected chi connectivity index (χ4v) is 2.18. The van der Waals surface area contributed by atoms with Crippen molar-refractivity contribution in [1.29, 1.82) is 0 Å². The molecule has 2 rings (SSSR count). The van der Waals surface area contributed by atoms with Crippen molar-refractivity contribution in [3.05, 3.63) is 41.3 Å². The standard InChI is InChI=1S/C15H17ClN2O2/c1-4-19-11-7-5-6-8-12(11)20-15-13(10(2)3)14(16)17-9-18-15/h5-10H,4H2,1-3H3. The third kappa shape index (κ3) is 3.20. The van der Waals surface area contributed by atoms with Gasteiger partial charge >= 0.3 is 0 Å². The molecular formula is C15H17ClN2O2. The van der Waals surface area contributed by atoms with E-state index in [1.807, 2.05) is 45.0 Å². The quantitative estimate of drug-likeness (QED) is 0.764. The number of hydrogen-bond donors (Lipinski definition) is 0. The molecule has 0 spiro atoms. The van der Waals surface area contributed by atoms with Gasteiger partial charge in [0.2, 0.25) is 5.88 Å². The van der Waals surface area contributed by atoms with Gasteiger partial charge in [0.05, 0.1) is 12.2 Å². The Balaban J connectivity index is 2.38. The van der Waals surface area contributed by atoms with Gasteiger partial charge in [-0.2, -0.15) is 0 Å². The van der Waals surface area contributed by atoms with E-state index in [-0.39, 0.29) is 5.92 Å². The van der Waals surface area contributed by atoms with E-state index in [0.717, 1.165) is 5.56 Å². The average molecular weight is 293 g/mol. The zero-order valence-corrected chi connectivity index (χ0v) is 12.5. The minimum atomic E-state index is 0.165. The molecule has 0 fully saturated rings. The van der Waals surface area contributed by atoms with Gasteiger partial charge in [-0.25, -0.2) is 9.97 Å². The van der Waals surface area contributed by atoms with E-state index >= 15 is 0 Å². The lowest BCUT2D eigenvalue weighted by Gasteiger charge is -2.15. The van der Waals surface area contributed by atoms with Gasteiger partial charge < -0.3 is 9.47 Å². The topological polar surface area (TPSA) is 44.2 Å². The smallest absolute Gasteiger partial charge is 0.227 e. The summed E-state index contributed by atoms with van der Waals surface area (Å²) in [6.45, 7) is 6.54. The van der Waals surface area contributed by atoms with Crippen molar-refractivity contribution in [2.45, 2.75) is 26.7 Å². The monoisotopic (exact) mass is 292 g/mol. The molecule has 0 aliphatic rings. The van der Waals surface area contributed by atoms with E-state index in [1.165, 1.54) is 6.33 Å². The molecule has 106 valence electrons. The normalized spacial score (nSPS) is 10.7. The summed E-state index contributed by atoms with van der Waals surface area (Å²) >= 11 is 6.13. The van der Waals surface area contributed by atoms with E-state index in [9.17, 15) is 0 Å². The molecule has 0 amide bonds. The van der Waals surface area contributed by atoms with Crippen LogP contribution in [0.3, 0.4) is 0 Å². The summed E-state index contributed by atoms with van der Waals surface area (Å²) in [6.07, 6.45) is 1.40. The summed E-state index contributed by atoms with van der Waals surface area (Å²) in [5.41, 5.74) is 0.792. The molecule has 0 saturated carbocycles. The number of para-hydroxylation sites is 2. The van der Waals surface area contributed by atoms with E-state index in [1.54, 1.807) is 0 Å². The summed E-state index contributed by atoms with van der Waals surface area (Å²) in [7, 11) is 0. The Kier molecular flexibility index (Phi) is 4.79. The molecule has 0 radical (unpaired) electrons. The molecule has 20 heavy (non-hydrogen) atoms. The number of benzene rings is 1. The fraction of sp³-hybridized carbons (Fsp3) is 0.333. The predicted octanol–water partition coefficient (Wildman–Crippen LogP) is 4.44. The molecule has 4 nitrogen and oxygen atoms in total. The first kappa shape index (κ1) is 14.6. The van der Waals surface area contributed by atoms with Crippen LogP contribution >= 0.6 is 11.6 Å². The SMILES string of the molecule is CCOc1ccccc1Oc1ncnc(Cl)c1C(C)C. The van der Waals surface area contributed by atoms with Gasteiger partial charge in [-0.05, 0) is 25.0 Å². The van der Waals surface area contributed by atoms with Crippen molar-refractivity contribution in [2.24, 2.45) is 0 Å². The average Bonchev–Trinajstić information content (AvgIpc) is 2.41. The molecular weight excluding hydrogens is 276 g/mol. The molecule has 0 bridgehead atoms. The molecule has 1 heterocycles. The molecule has 1 aromatic heterocycles. The molecule has 0 saturated heterocycles. The predicted molar refractivity (Wildman–Crippen MR) is 78.8 cm³/mol. The molecule has 0 unspecified atom stereocenters. The van der Waals surface area contributed by atoms with Crippen molar-refractivity contribution in [2.75, 3.05) is 6.61 Å². The first-order valence-electron chi connectivity index (χ1n) is 6.53. The molecule has 1 aromatic carbocycles. The highest BCUT2D eigenvalue weighted by Gasteiger charge is 2.16. The molecule has 0 N–H and O–H groups in total. The van der Waals surface area contributed by atoms with E-state index in [4.69, 9.17) is 21.1 Å². The maximum absolute atomic E-state index is 6.13. The Labute approximate surface area is 123 Å². The van der Waals surface area contributed by atoms with E-state index < -0.39 is 0 Å². The summed E-state index contributed by atoms with van der Waals surface area (Å²) in [5.74, 6) is 1.93. The largest absolute Gasteiger partial charge is 0.490 e. The molecule has 2 aromatic rings. The van der Waals surface area contributed by atoms with Crippen LogP contribution in [0.15, 0.2) is 30.6 Å². The van der Waals surface area contributed by atoms with Crippen molar-refractivity contribution < 1.29 is 9.47 Å². The Bertz CT molecular complexity index is 588. The Morgan fingerprint density at radius 3 is 2.50 bits per heavy atom. The summed E-state index contributed by atoms with van der Waals surface area (Å²) in [5, 5.41) is 0.416. The lowest BCUT2D eigenvalue weighted by Crippen LogP contribution is -2.01. The summed E-state index contributed by atoms with van der Waals surface area (Å²) in [6, 6.07) is 7.48. The van der Waals surface area contributed by atoms with Crippen LogP contribution in [0.25, 0.3) is 0 Å². The zero-order chi connectivity index (χ0) is 14.5. The second-order valence-electron chi connectivity index (χ2n) is 4.52. The maximum Gasteiger partial charge on any atom is 0.227 e. The van der Waals surface area contributed by atoms with Crippen LogP contribution in [0.2, 0.25) is 5.15 Å². The highest BCUT2D eigenvalue weighted by molar-refractivity contribution is 6.30. The number of rotatable bonds is 5. The molecule has 0 aliphatic heterocycles. The van der Waals surface area contributed by atoms with Crippen LogP contribution < -0.4 is 9.47 Å². The molecule has 0 aliphatic carbocycles. The van der Waals surface area contributed by atoms with Crippen molar-refractivity contribution in [1.82, 2.24) is 9.97 Å². The van der Waals surface area contributed by atoms with E-state index in [0.29, 0.717) is 29.1 Å². The second kappa shape index (κ2) is 6.57. The number of ether oxygens (including phenoxy) is 2. The van der Waals surface area contributed by atoms with Gasteiger partial charge in [-0.3, -0.25) is 0 Å². The third-order valence-corrected chi connectivity index (χ3v) is 3.03. The van der Waals surface area contributed by atoms with Crippen molar-refractivity contribution in [3.63, 3.8) is 0 Å². The summed E-state index contributed by atoms with van der Waals surface area (Å²) in [4.78, 5) is 8.19. The Morgan fingerprint density at radius 1 is 1.15 bits per heavy atom. The number of nitrogens with zero attached hydrogens (tertiary/aromatic N) is 2. The summed E-state index contributed by atoms with van der Waals surface area (Å²) < 4.78 is 11.4. The van der Waals surface area contributed by atoms with Gasteiger partial charge in [0, 0.05) is 0 Å². The van der Waals surface area contributed by atoms with Crippen LogP contribution in [0, 0.1) is 0 Å². The number of halogens is 1. The lowest BCUT2D eigenvalue weighted by molar-refractivity contribution is 0.318. The second-order valence-corrected chi connectivity index (χ2v) is 4.88. The first-order chi connectivity index (χ1) is 9.63. The fourth-order valence-electron chi connectivity index (χ4n) is 1.84. The van der Waals surface area contributed by atoms with Gasteiger partial charge in [-0.15, -0.1) is 0 Å². The van der Waals surface area contributed by atoms with Gasteiger partial charge in [0.15, 0.2) is 11.5 Å². The Hall–Kier alpha value is -1.81. The lowest BCUT2D eigenvalue weighted by atomic mass is 10.1. The minimum Gasteiger partial charge on any atom is -0.490 e. The third-order valence-electron chi connectivity index (χ3n) is 2.73. The van der Waals surface area contributed by atoms with Crippen LogP contribution in [-0.2, 0) is 0 Å². The van der Waals surface area contributed by atoms with Gasteiger partial charge in [0.1, 0.15) is 11.5 Å². The van der Waals surface area contributed by atoms with Crippen molar-refractivity contribution in [3.8, 4) is 17.4 Å². The molecule has 0 atom stereocenters.